The number of carbonyl (C=O) groups is 1. The van der Waals surface area contributed by atoms with Crippen LogP contribution in [0.4, 0.5) is 5.69 Å². The van der Waals surface area contributed by atoms with Gasteiger partial charge in [-0.25, -0.2) is 0 Å². The van der Waals surface area contributed by atoms with Crippen molar-refractivity contribution < 1.29 is 4.79 Å². The SMILES string of the molecule is CC(Cc1ccc(Cl)cc1)NC(=O)[C@@H]1CCCN1c1ccc(Cl)cc1. The summed E-state index contributed by atoms with van der Waals surface area (Å²) < 4.78 is 0. The number of nitrogens with one attached hydrogen (secondary N) is 1. The molecule has 3 nitrogen and oxygen atoms in total. The van der Waals surface area contributed by atoms with Crippen LogP contribution in [0.1, 0.15) is 25.3 Å². The van der Waals surface area contributed by atoms with E-state index in [2.05, 4.69) is 10.2 Å². The molecular formula is C20H22Cl2N2O. The molecule has 1 amide bonds. The van der Waals surface area contributed by atoms with Crippen molar-refractivity contribution in [3.05, 3.63) is 64.1 Å². The molecule has 0 bridgehead atoms. The topological polar surface area (TPSA) is 32.3 Å². The highest BCUT2D eigenvalue weighted by Crippen LogP contribution is 2.27. The van der Waals surface area contributed by atoms with Gasteiger partial charge in [-0.15, -0.1) is 0 Å². The summed E-state index contributed by atoms with van der Waals surface area (Å²) in [4.78, 5) is 14.9. The van der Waals surface area contributed by atoms with Crippen LogP contribution in [0.5, 0.6) is 0 Å². The normalized spacial score (nSPS) is 18.2. The molecule has 1 unspecified atom stereocenters. The molecule has 3 rings (SSSR count). The molecule has 2 aromatic rings. The van der Waals surface area contributed by atoms with Crippen LogP contribution in [-0.2, 0) is 11.2 Å². The highest BCUT2D eigenvalue weighted by molar-refractivity contribution is 6.30. The molecule has 2 aromatic carbocycles. The zero-order valence-corrected chi connectivity index (χ0v) is 15.7. The van der Waals surface area contributed by atoms with E-state index in [4.69, 9.17) is 23.2 Å². The smallest absolute Gasteiger partial charge is 0.242 e. The minimum Gasteiger partial charge on any atom is -0.360 e. The summed E-state index contributed by atoms with van der Waals surface area (Å²) in [5, 5.41) is 4.59. The third kappa shape index (κ3) is 4.68. The van der Waals surface area contributed by atoms with Gasteiger partial charge in [0.25, 0.3) is 0 Å². The average molecular weight is 377 g/mol. The molecule has 2 atom stereocenters. The fraction of sp³-hybridized carbons (Fsp3) is 0.350. The highest BCUT2D eigenvalue weighted by Gasteiger charge is 2.31. The van der Waals surface area contributed by atoms with E-state index in [0.717, 1.165) is 42.1 Å². The number of rotatable bonds is 5. The molecule has 1 aliphatic rings. The Morgan fingerprint density at radius 2 is 1.72 bits per heavy atom. The van der Waals surface area contributed by atoms with Crippen molar-refractivity contribution in [1.29, 1.82) is 0 Å². The molecule has 0 aromatic heterocycles. The van der Waals surface area contributed by atoms with E-state index in [1.54, 1.807) is 0 Å². The van der Waals surface area contributed by atoms with Crippen LogP contribution < -0.4 is 10.2 Å². The van der Waals surface area contributed by atoms with Gasteiger partial charge >= 0.3 is 0 Å². The number of nitrogens with zero attached hydrogens (tertiary/aromatic N) is 1. The Morgan fingerprint density at radius 1 is 1.12 bits per heavy atom. The van der Waals surface area contributed by atoms with E-state index in [-0.39, 0.29) is 18.0 Å². The summed E-state index contributed by atoms with van der Waals surface area (Å²) in [5.74, 6) is 0.0916. The fourth-order valence-corrected chi connectivity index (χ4v) is 3.60. The van der Waals surface area contributed by atoms with Gasteiger partial charge in [-0.1, -0.05) is 35.3 Å². The average Bonchev–Trinajstić information content (AvgIpc) is 3.07. The minimum absolute atomic E-state index is 0.0707. The Morgan fingerprint density at radius 3 is 2.36 bits per heavy atom. The van der Waals surface area contributed by atoms with Crippen LogP contribution in [0.2, 0.25) is 10.0 Å². The summed E-state index contributed by atoms with van der Waals surface area (Å²) in [5.41, 5.74) is 2.21. The van der Waals surface area contributed by atoms with Crippen molar-refractivity contribution >= 4 is 34.8 Å². The van der Waals surface area contributed by atoms with Gasteiger partial charge in [0.2, 0.25) is 5.91 Å². The largest absolute Gasteiger partial charge is 0.360 e. The number of hydrogen-bond donors (Lipinski definition) is 1. The molecule has 0 saturated carbocycles. The van der Waals surface area contributed by atoms with Gasteiger partial charge in [0, 0.05) is 28.3 Å². The van der Waals surface area contributed by atoms with Gasteiger partial charge in [0.15, 0.2) is 0 Å². The Labute approximate surface area is 158 Å². The number of hydrogen-bond acceptors (Lipinski definition) is 2. The van der Waals surface area contributed by atoms with E-state index >= 15 is 0 Å². The predicted octanol–water partition coefficient (Wildman–Crippen LogP) is 4.71. The zero-order chi connectivity index (χ0) is 17.8. The molecule has 132 valence electrons. The van der Waals surface area contributed by atoms with Gasteiger partial charge in [-0.2, -0.15) is 0 Å². The molecule has 0 radical (unpaired) electrons. The molecule has 5 heteroatoms. The Kier molecular flexibility index (Phi) is 5.87. The van der Waals surface area contributed by atoms with Crippen LogP contribution >= 0.6 is 23.2 Å². The zero-order valence-electron chi connectivity index (χ0n) is 14.2. The number of anilines is 1. The lowest BCUT2D eigenvalue weighted by Crippen LogP contribution is -2.46. The maximum absolute atomic E-state index is 12.8. The van der Waals surface area contributed by atoms with Gasteiger partial charge in [-0.3, -0.25) is 4.79 Å². The standard InChI is InChI=1S/C20H22Cl2N2O/c1-14(13-15-4-6-16(21)7-5-15)23-20(25)19-3-2-12-24(19)18-10-8-17(22)9-11-18/h4-11,14,19H,2-3,12-13H2,1H3,(H,23,25)/t14?,19-/m0/s1. The van der Waals surface area contributed by atoms with Crippen LogP contribution in [0.25, 0.3) is 0 Å². The first kappa shape index (κ1) is 18.1. The summed E-state index contributed by atoms with van der Waals surface area (Å²) in [7, 11) is 0. The van der Waals surface area contributed by atoms with Crippen LogP contribution in [0, 0.1) is 0 Å². The van der Waals surface area contributed by atoms with Crippen molar-refractivity contribution in [2.45, 2.75) is 38.3 Å². The first-order chi connectivity index (χ1) is 12.0. The van der Waals surface area contributed by atoms with Gasteiger partial charge in [0.1, 0.15) is 6.04 Å². The molecule has 1 N–H and O–H groups in total. The van der Waals surface area contributed by atoms with Crippen molar-refractivity contribution in [2.24, 2.45) is 0 Å². The molecule has 1 fully saturated rings. The summed E-state index contributed by atoms with van der Waals surface area (Å²) >= 11 is 11.9. The first-order valence-corrected chi connectivity index (χ1v) is 9.35. The number of carbonyl (C=O) groups excluding carboxylic acids is 1. The Bertz CT molecular complexity index is 715. The Balaban J connectivity index is 1.61. The third-order valence-electron chi connectivity index (χ3n) is 4.56. The van der Waals surface area contributed by atoms with E-state index in [1.165, 1.54) is 0 Å². The van der Waals surface area contributed by atoms with Gasteiger partial charge in [-0.05, 0) is 68.1 Å². The molecule has 1 saturated heterocycles. The number of amides is 1. The maximum Gasteiger partial charge on any atom is 0.242 e. The monoisotopic (exact) mass is 376 g/mol. The summed E-state index contributed by atoms with van der Waals surface area (Å²) in [6.07, 6.45) is 2.69. The van der Waals surface area contributed by atoms with Crippen LogP contribution in [0.15, 0.2) is 48.5 Å². The van der Waals surface area contributed by atoms with Crippen molar-refractivity contribution in [1.82, 2.24) is 5.32 Å². The minimum atomic E-state index is -0.117. The van der Waals surface area contributed by atoms with Gasteiger partial charge < -0.3 is 10.2 Å². The lowest BCUT2D eigenvalue weighted by Gasteiger charge is -2.27. The molecule has 25 heavy (non-hydrogen) atoms. The Hall–Kier alpha value is -1.71. The predicted molar refractivity (Wildman–Crippen MR) is 105 cm³/mol. The lowest BCUT2D eigenvalue weighted by atomic mass is 10.1. The maximum atomic E-state index is 12.8. The fourth-order valence-electron chi connectivity index (χ4n) is 3.35. The number of halogens is 2. The third-order valence-corrected chi connectivity index (χ3v) is 5.06. The highest BCUT2D eigenvalue weighted by atomic mass is 35.5. The quantitative estimate of drug-likeness (QED) is 0.819. The van der Waals surface area contributed by atoms with Crippen LogP contribution in [-0.4, -0.2) is 24.5 Å². The second kappa shape index (κ2) is 8.11. The van der Waals surface area contributed by atoms with E-state index < -0.39 is 0 Å². The second-order valence-corrected chi connectivity index (χ2v) is 7.44. The van der Waals surface area contributed by atoms with Crippen molar-refractivity contribution in [3.8, 4) is 0 Å². The molecular weight excluding hydrogens is 355 g/mol. The second-order valence-electron chi connectivity index (χ2n) is 6.57. The molecule has 0 aliphatic carbocycles. The van der Waals surface area contributed by atoms with E-state index in [0.29, 0.717) is 5.02 Å². The van der Waals surface area contributed by atoms with Gasteiger partial charge in [0.05, 0.1) is 0 Å². The van der Waals surface area contributed by atoms with E-state index in [1.807, 2.05) is 55.5 Å². The molecule has 1 aliphatic heterocycles. The molecule has 0 spiro atoms. The summed E-state index contributed by atoms with van der Waals surface area (Å²) in [6.45, 7) is 2.93. The van der Waals surface area contributed by atoms with Crippen molar-refractivity contribution in [3.63, 3.8) is 0 Å². The van der Waals surface area contributed by atoms with Crippen molar-refractivity contribution in [2.75, 3.05) is 11.4 Å². The van der Waals surface area contributed by atoms with Crippen LogP contribution in [0.3, 0.4) is 0 Å². The number of benzene rings is 2. The first-order valence-electron chi connectivity index (χ1n) is 8.60. The molecule has 1 heterocycles. The lowest BCUT2D eigenvalue weighted by molar-refractivity contribution is -0.122. The summed E-state index contributed by atoms with van der Waals surface area (Å²) in [6, 6.07) is 15.4. The van der Waals surface area contributed by atoms with E-state index in [9.17, 15) is 4.79 Å².